The molecule has 2 heterocycles. The zero-order valence-electron chi connectivity index (χ0n) is 19.7. The van der Waals surface area contributed by atoms with Crippen LogP contribution in [0.4, 0.5) is 5.69 Å². The molecule has 3 aromatic carbocycles. The zero-order valence-corrected chi connectivity index (χ0v) is 19.7. The Morgan fingerprint density at radius 1 is 0.941 bits per heavy atom. The molecule has 0 radical (unpaired) electrons. The summed E-state index contributed by atoms with van der Waals surface area (Å²) < 4.78 is 3.16. The van der Waals surface area contributed by atoms with Crippen molar-refractivity contribution in [1.29, 1.82) is 0 Å². The van der Waals surface area contributed by atoms with Crippen LogP contribution in [0.25, 0.3) is 27.5 Å². The van der Waals surface area contributed by atoms with Gasteiger partial charge in [-0.1, -0.05) is 61.9 Å². The molecule has 1 N–H and O–H groups in total. The number of rotatable bonds is 4. The molecule has 6 nitrogen and oxygen atoms in total. The molecule has 0 aliphatic heterocycles. The maximum absolute atomic E-state index is 13.6. The van der Waals surface area contributed by atoms with E-state index in [0.29, 0.717) is 28.2 Å². The van der Waals surface area contributed by atoms with E-state index < -0.39 is 0 Å². The van der Waals surface area contributed by atoms with Crippen LogP contribution in [-0.2, 0) is 7.05 Å². The van der Waals surface area contributed by atoms with Gasteiger partial charge in [-0.15, -0.1) is 0 Å². The normalized spacial score (nSPS) is 11.4. The van der Waals surface area contributed by atoms with Gasteiger partial charge >= 0.3 is 0 Å². The Hall–Kier alpha value is -4.19. The molecule has 0 saturated carbocycles. The van der Waals surface area contributed by atoms with Crippen LogP contribution in [-0.4, -0.2) is 20.3 Å². The number of para-hydroxylation sites is 1. The van der Waals surface area contributed by atoms with Gasteiger partial charge in [0.2, 0.25) is 0 Å². The molecule has 1 amide bonds. The monoisotopic (exact) mass is 450 g/mol. The van der Waals surface area contributed by atoms with E-state index in [4.69, 9.17) is 0 Å². The summed E-state index contributed by atoms with van der Waals surface area (Å²) in [6.07, 6.45) is 0. The molecule has 0 aliphatic rings. The van der Waals surface area contributed by atoms with E-state index in [1.807, 2.05) is 91.3 Å². The summed E-state index contributed by atoms with van der Waals surface area (Å²) >= 11 is 0. The largest absolute Gasteiger partial charge is 0.339 e. The lowest BCUT2D eigenvalue weighted by molar-refractivity contribution is 0.102. The Kier molecular flexibility index (Phi) is 5.28. The summed E-state index contributed by atoms with van der Waals surface area (Å²) in [5, 5.41) is 8.93. The number of hydrogen-bond donors (Lipinski definition) is 1. The van der Waals surface area contributed by atoms with Crippen LogP contribution in [0.1, 0.15) is 41.4 Å². The van der Waals surface area contributed by atoms with Crippen LogP contribution < -0.4 is 10.9 Å². The van der Waals surface area contributed by atoms with E-state index >= 15 is 0 Å². The summed E-state index contributed by atoms with van der Waals surface area (Å²) in [6.45, 7) is 6.24. The highest BCUT2D eigenvalue weighted by molar-refractivity contribution is 6.19. The number of nitrogens with zero attached hydrogens (tertiary/aromatic N) is 3. The SMILES string of the molecule is Cc1ccc(-n2nc(C(=O)Nc3ccc(C(C)C)cc3)c3c4ccccc4n(C)c3c2=O)cc1. The number of nitrogens with one attached hydrogen (secondary N) is 1. The summed E-state index contributed by atoms with van der Waals surface area (Å²) in [5.41, 5.74) is 4.81. The first-order chi connectivity index (χ1) is 16.3. The summed E-state index contributed by atoms with van der Waals surface area (Å²) in [6, 6.07) is 23.0. The molecular formula is C28H26N4O2. The fraction of sp³-hybridized carbons (Fsp3) is 0.179. The van der Waals surface area contributed by atoms with Crippen LogP contribution in [0.3, 0.4) is 0 Å². The maximum atomic E-state index is 13.6. The molecule has 5 rings (SSSR count). The van der Waals surface area contributed by atoms with Gasteiger partial charge < -0.3 is 9.88 Å². The second-order valence-electron chi connectivity index (χ2n) is 8.93. The Morgan fingerprint density at radius 3 is 2.29 bits per heavy atom. The number of carbonyl (C=O) groups is 1. The van der Waals surface area contributed by atoms with Crippen molar-refractivity contribution >= 4 is 33.4 Å². The first kappa shape index (κ1) is 21.6. The standard InChI is InChI=1S/C28H26N4O2/c1-17(2)19-11-13-20(14-12-19)29-27(33)25-24-22-7-5-6-8-23(22)31(4)26(24)28(34)32(30-25)21-15-9-18(3)10-16-21/h5-17H,1-4H3,(H,29,33). The number of anilines is 1. The molecule has 2 aromatic heterocycles. The number of carbonyl (C=O) groups excluding carboxylic acids is 1. The van der Waals surface area contributed by atoms with Crippen LogP contribution >= 0.6 is 0 Å². The Bertz CT molecular complexity index is 1590. The molecule has 6 heteroatoms. The molecule has 0 aliphatic carbocycles. The fourth-order valence-corrected chi connectivity index (χ4v) is 4.34. The maximum Gasteiger partial charge on any atom is 0.296 e. The van der Waals surface area contributed by atoms with E-state index in [1.54, 1.807) is 0 Å². The van der Waals surface area contributed by atoms with Crippen molar-refractivity contribution < 1.29 is 4.79 Å². The van der Waals surface area contributed by atoms with Gasteiger partial charge in [0.15, 0.2) is 5.69 Å². The van der Waals surface area contributed by atoms with Crippen molar-refractivity contribution in [3.05, 3.63) is 100.0 Å². The third-order valence-corrected chi connectivity index (χ3v) is 6.27. The number of fused-ring (bicyclic) bond motifs is 3. The van der Waals surface area contributed by atoms with Crippen molar-refractivity contribution in [2.45, 2.75) is 26.7 Å². The predicted octanol–water partition coefficient (Wildman–Crippen LogP) is 5.56. The first-order valence-electron chi connectivity index (χ1n) is 11.3. The number of hydrogen-bond acceptors (Lipinski definition) is 3. The van der Waals surface area contributed by atoms with Gasteiger partial charge in [-0.25, -0.2) is 0 Å². The van der Waals surface area contributed by atoms with E-state index in [1.165, 1.54) is 10.2 Å². The van der Waals surface area contributed by atoms with E-state index in [-0.39, 0.29) is 17.2 Å². The molecule has 0 fully saturated rings. The molecular weight excluding hydrogens is 424 g/mol. The van der Waals surface area contributed by atoms with E-state index in [2.05, 4.69) is 24.3 Å². The predicted molar refractivity (Wildman–Crippen MR) is 137 cm³/mol. The van der Waals surface area contributed by atoms with Crippen molar-refractivity contribution in [3.8, 4) is 5.69 Å². The Balaban J connectivity index is 1.73. The summed E-state index contributed by atoms with van der Waals surface area (Å²) in [4.78, 5) is 27.1. The minimum absolute atomic E-state index is 0.208. The van der Waals surface area contributed by atoms with Gasteiger partial charge in [0.25, 0.3) is 11.5 Å². The fourth-order valence-electron chi connectivity index (χ4n) is 4.34. The first-order valence-corrected chi connectivity index (χ1v) is 11.3. The van der Waals surface area contributed by atoms with E-state index in [9.17, 15) is 9.59 Å². The smallest absolute Gasteiger partial charge is 0.296 e. The lowest BCUT2D eigenvalue weighted by Gasteiger charge is -2.12. The highest BCUT2D eigenvalue weighted by Gasteiger charge is 2.23. The molecule has 170 valence electrons. The van der Waals surface area contributed by atoms with Gasteiger partial charge in [-0.3, -0.25) is 9.59 Å². The van der Waals surface area contributed by atoms with Crippen molar-refractivity contribution in [2.75, 3.05) is 5.32 Å². The average Bonchev–Trinajstić information content (AvgIpc) is 3.13. The minimum atomic E-state index is -0.362. The van der Waals surface area contributed by atoms with Gasteiger partial charge in [-0.05, 0) is 48.7 Å². The van der Waals surface area contributed by atoms with Gasteiger partial charge in [0, 0.05) is 29.0 Å². The molecule has 0 atom stereocenters. The van der Waals surface area contributed by atoms with Crippen LogP contribution in [0, 0.1) is 6.92 Å². The van der Waals surface area contributed by atoms with Crippen molar-refractivity contribution in [1.82, 2.24) is 14.3 Å². The Labute approximate surface area is 197 Å². The number of aryl methyl sites for hydroxylation is 2. The van der Waals surface area contributed by atoms with Crippen molar-refractivity contribution in [2.24, 2.45) is 7.05 Å². The molecule has 0 unspecified atom stereocenters. The molecule has 0 spiro atoms. The minimum Gasteiger partial charge on any atom is -0.339 e. The molecule has 5 aromatic rings. The van der Waals surface area contributed by atoms with Gasteiger partial charge in [0.05, 0.1) is 5.69 Å². The van der Waals surface area contributed by atoms with Crippen LogP contribution in [0.5, 0.6) is 0 Å². The lowest BCUT2D eigenvalue weighted by Crippen LogP contribution is -2.27. The number of aromatic nitrogens is 3. The second-order valence-corrected chi connectivity index (χ2v) is 8.93. The lowest BCUT2D eigenvalue weighted by atomic mass is 10.0. The van der Waals surface area contributed by atoms with E-state index in [0.717, 1.165) is 16.5 Å². The van der Waals surface area contributed by atoms with Gasteiger partial charge in [-0.2, -0.15) is 9.78 Å². The average molecular weight is 451 g/mol. The number of amides is 1. The highest BCUT2D eigenvalue weighted by Crippen LogP contribution is 2.29. The van der Waals surface area contributed by atoms with Crippen molar-refractivity contribution in [3.63, 3.8) is 0 Å². The summed E-state index contributed by atoms with van der Waals surface area (Å²) in [5.74, 6) is 0.0410. The third-order valence-electron chi connectivity index (χ3n) is 6.27. The third kappa shape index (κ3) is 3.57. The highest BCUT2D eigenvalue weighted by atomic mass is 16.2. The number of benzene rings is 3. The Morgan fingerprint density at radius 2 is 1.62 bits per heavy atom. The van der Waals surface area contributed by atoms with Crippen LogP contribution in [0.2, 0.25) is 0 Å². The second kappa shape index (κ2) is 8.30. The van der Waals surface area contributed by atoms with Crippen LogP contribution in [0.15, 0.2) is 77.6 Å². The zero-order chi connectivity index (χ0) is 24.0. The molecule has 0 saturated heterocycles. The quantitative estimate of drug-likeness (QED) is 0.390. The summed E-state index contributed by atoms with van der Waals surface area (Å²) in [7, 11) is 1.85. The topological polar surface area (TPSA) is 68.9 Å². The van der Waals surface area contributed by atoms with Gasteiger partial charge in [0.1, 0.15) is 5.52 Å². The molecule has 0 bridgehead atoms. The molecule has 34 heavy (non-hydrogen) atoms.